The first-order valence-corrected chi connectivity index (χ1v) is 18.4. The maximum Gasteiger partial charge on any atom is 0.488 e. The molecule has 332 valence electrons. The van der Waals surface area contributed by atoms with Gasteiger partial charge in [0.1, 0.15) is 15.3 Å². The lowest BCUT2D eigenvalue weighted by Crippen LogP contribution is -2.44. The number of benzene rings is 4. The van der Waals surface area contributed by atoms with Gasteiger partial charge in [0.25, 0.3) is 0 Å². The Morgan fingerprint density at radius 1 is 0.548 bits per heavy atom. The number of alkyl halides is 12. The van der Waals surface area contributed by atoms with Gasteiger partial charge in [-0.2, -0.15) is 57.8 Å². The molecule has 0 aliphatic carbocycles. The Balaban J connectivity index is 0.000000221. The van der Waals surface area contributed by atoms with E-state index in [9.17, 15) is 52.7 Å². The van der Waals surface area contributed by atoms with Crippen LogP contribution in [0.4, 0.5) is 64.3 Å². The molecule has 62 heavy (non-hydrogen) atoms. The normalized spacial score (nSPS) is 12.1. The van der Waals surface area contributed by atoms with Crippen molar-refractivity contribution in [1.29, 1.82) is 0 Å². The highest BCUT2D eigenvalue weighted by atomic mass is 127. The van der Waals surface area contributed by atoms with Crippen molar-refractivity contribution in [2.24, 2.45) is 0 Å². The summed E-state index contributed by atoms with van der Waals surface area (Å²) in [6, 6.07) is 32.9. The molecule has 0 radical (unpaired) electrons. The summed E-state index contributed by atoms with van der Waals surface area (Å²) in [7, 11) is -1.88. The predicted octanol–water partition coefficient (Wildman–Crippen LogP) is 8.57. The number of hydrogen-bond acceptors (Lipinski definition) is 8. The third-order valence-corrected chi connectivity index (χ3v) is 8.68. The highest BCUT2D eigenvalue weighted by Gasteiger charge is 2.58. The second-order valence-corrected chi connectivity index (χ2v) is 13.8. The molecule has 0 bridgehead atoms. The van der Waals surface area contributed by atoms with Crippen LogP contribution in [0, 0.1) is 3.70 Å². The van der Waals surface area contributed by atoms with Gasteiger partial charge < -0.3 is 31.0 Å². The van der Waals surface area contributed by atoms with Crippen molar-refractivity contribution in [3.05, 3.63) is 136 Å². The Kier molecular flexibility index (Phi) is 16.5. The van der Waals surface area contributed by atoms with Crippen molar-refractivity contribution in [3.8, 4) is 22.6 Å². The molecule has 2 aromatic heterocycles. The summed E-state index contributed by atoms with van der Waals surface area (Å²) < 4.78 is 161. The number of nitrogens with two attached hydrogens (primary N) is 2. The van der Waals surface area contributed by atoms with E-state index in [-0.39, 0.29) is 22.4 Å². The molecular weight excluding hydrogens is 970 g/mol. The summed E-state index contributed by atoms with van der Waals surface area (Å²) >= 11 is 2.21. The number of rotatable bonds is 10. The molecule has 0 aliphatic rings. The van der Waals surface area contributed by atoms with Crippen LogP contribution in [-0.2, 0) is 22.7 Å². The van der Waals surface area contributed by atoms with Gasteiger partial charge in [-0.25, -0.2) is 9.36 Å². The van der Waals surface area contributed by atoms with Crippen LogP contribution in [-0.4, -0.2) is 73.6 Å². The standard InChI is InChI=1S/C19H15F6N3O.C10H9BF6O3.C9H8IN3/c20-18(21,22)17(19(23,24)25)29-11-12-5-4-6-13(9-12)15-10-16(26)27-28(15)14-7-2-1-3-8-14;12-9(13,14)8(10(15,16)17)20-5-6-2-1-3-7(4-6)11(18)19;10-8-6-9(11)12-13(8)7-4-2-1-3-5-7/h1-10,17H,11H2,(H2,26,27);1-4,8,18-19H,5H2;1-6H,(H2,11,12). The molecule has 0 aliphatic heterocycles. The zero-order valence-electron chi connectivity index (χ0n) is 31.3. The largest absolute Gasteiger partial charge is 0.488 e. The van der Waals surface area contributed by atoms with E-state index < -0.39 is 57.2 Å². The van der Waals surface area contributed by atoms with Crippen molar-refractivity contribution in [2.75, 3.05) is 11.5 Å². The molecule has 0 atom stereocenters. The maximum absolute atomic E-state index is 12.6. The van der Waals surface area contributed by atoms with Gasteiger partial charge in [-0.3, -0.25) is 0 Å². The van der Waals surface area contributed by atoms with Crippen molar-refractivity contribution in [3.63, 3.8) is 0 Å². The third kappa shape index (κ3) is 14.4. The molecule has 10 nitrogen and oxygen atoms in total. The van der Waals surface area contributed by atoms with Crippen LogP contribution in [0.5, 0.6) is 0 Å². The lowest BCUT2D eigenvalue weighted by atomic mass is 9.80. The maximum atomic E-state index is 12.6. The van der Waals surface area contributed by atoms with Gasteiger partial charge in [0.05, 0.1) is 30.3 Å². The van der Waals surface area contributed by atoms with Gasteiger partial charge in [0, 0.05) is 17.7 Å². The molecule has 0 spiro atoms. The molecular formula is C38H32BF12IN6O4. The number of anilines is 2. The van der Waals surface area contributed by atoms with Gasteiger partial charge in [0.15, 0.2) is 0 Å². The molecule has 0 saturated heterocycles. The number of para-hydroxylation sites is 2. The van der Waals surface area contributed by atoms with Crippen LogP contribution < -0.4 is 16.9 Å². The van der Waals surface area contributed by atoms with Crippen LogP contribution in [0.25, 0.3) is 22.6 Å². The molecule has 24 heteroatoms. The molecule has 0 unspecified atom stereocenters. The fourth-order valence-electron chi connectivity index (χ4n) is 5.27. The monoisotopic (exact) mass is 1000 g/mol. The summed E-state index contributed by atoms with van der Waals surface area (Å²) in [5.74, 6) is 0.757. The van der Waals surface area contributed by atoms with E-state index in [0.29, 0.717) is 22.8 Å². The molecule has 0 saturated carbocycles. The Labute approximate surface area is 357 Å². The van der Waals surface area contributed by atoms with Gasteiger partial charge in [-0.15, -0.1) is 5.10 Å². The Morgan fingerprint density at radius 3 is 1.40 bits per heavy atom. The average Bonchev–Trinajstić information content (AvgIpc) is 3.74. The first kappa shape index (κ1) is 49.4. The van der Waals surface area contributed by atoms with Crippen LogP contribution in [0.2, 0.25) is 0 Å². The lowest BCUT2D eigenvalue weighted by Gasteiger charge is -2.23. The number of aromatic nitrogens is 4. The predicted molar refractivity (Wildman–Crippen MR) is 212 cm³/mol. The fraction of sp³-hybridized carbons (Fsp3) is 0.211. The summed E-state index contributed by atoms with van der Waals surface area (Å²) in [5, 5.41) is 26.0. The molecule has 0 fully saturated rings. The van der Waals surface area contributed by atoms with Crippen LogP contribution in [0.1, 0.15) is 11.1 Å². The topological polar surface area (TPSA) is 147 Å². The minimum absolute atomic E-state index is 0.0471. The SMILES string of the molecule is Nc1cc(-c2cccc(COC(C(F)(F)F)C(F)(F)F)c2)n(-c2ccccc2)n1.Nc1cc(I)n(-c2ccccc2)n1.OB(O)c1cccc(COC(C(F)(F)F)C(F)(F)F)c1. The second kappa shape index (κ2) is 20.7. The summed E-state index contributed by atoms with van der Waals surface area (Å²) in [6.07, 6.45) is -30.0. The third-order valence-electron chi connectivity index (χ3n) is 7.91. The number of halogens is 13. The zero-order chi connectivity index (χ0) is 46.0. The van der Waals surface area contributed by atoms with E-state index in [1.165, 1.54) is 41.1 Å². The highest BCUT2D eigenvalue weighted by molar-refractivity contribution is 14.1. The number of hydrogen-bond donors (Lipinski definition) is 4. The van der Waals surface area contributed by atoms with E-state index in [1.54, 1.807) is 36.4 Å². The van der Waals surface area contributed by atoms with Crippen LogP contribution in [0.3, 0.4) is 0 Å². The van der Waals surface area contributed by atoms with Crippen LogP contribution in [0.15, 0.2) is 121 Å². The van der Waals surface area contributed by atoms with Gasteiger partial charge in [0.2, 0.25) is 12.2 Å². The molecule has 6 rings (SSSR count). The van der Waals surface area contributed by atoms with Crippen molar-refractivity contribution >= 4 is 46.8 Å². The average molecular weight is 1000 g/mol. The van der Waals surface area contributed by atoms with Crippen molar-refractivity contribution in [2.45, 2.75) is 50.1 Å². The van der Waals surface area contributed by atoms with E-state index in [0.717, 1.165) is 15.5 Å². The van der Waals surface area contributed by atoms with Gasteiger partial charge in [-0.05, 0) is 69.5 Å². The fourth-order valence-corrected chi connectivity index (χ4v) is 5.97. The van der Waals surface area contributed by atoms with Gasteiger partial charge in [-0.1, -0.05) is 78.9 Å². The Morgan fingerprint density at radius 2 is 0.968 bits per heavy atom. The summed E-state index contributed by atoms with van der Waals surface area (Å²) in [4.78, 5) is 0. The van der Waals surface area contributed by atoms with E-state index in [1.807, 2.05) is 47.1 Å². The summed E-state index contributed by atoms with van der Waals surface area (Å²) in [5.41, 5.74) is 14.1. The quantitative estimate of drug-likeness (QED) is 0.0607. The smallest absolute Gasteiger partial charge is 0.423 e. The minimum Gasteiger partial charge on any atom is -0.423 e. The molecule has 4 aromatic carbocycles. The molecule has 6 N–H and O–H groups in total. The summed E-state index contributed by atoms with van der Waals surface area (Å²) in [6.45, 7) is -1.84. The van der Waals surface area contributed by atoms with Crippen molar-refractivity contribution < 1.29 is 72.2 Å². The lowest BCUT2D eigenvalue weighted by molar-refractivity contribution is -0.325. The van der Waals surface area contributed by atoms with Crippen molar-refractivity contribution in [1.82, 2.24) is 19.6 Å². The van der Waals surface area contributed by atoms with E-state index in [2.05, 4.69) is 42.3 Å². The molecule has 2 heterocycles. The first-order chi connectivity index (χ1) is 28.8. The Hall–Kier alpha value is -5.31. The number of ether oxygens (including phenoxy) is 2. The number of nitrogen functional groups attached to an aromatic ring is 2. The molecule has 6 aromatic rings. The molecule has 0 amide bonds. The number of nitrogens with zero attached hydrogens (tertiary/aromatic N) is 4. The van der Waals surface area contributed by atoms with E-state index >= 15 is 0 Å². The zero-order valence-corrected chi connectivity index (χ0v) is 33.4. The van der Waals surface area contributed by atoms with Crippen LogP contribution >= 0.6 is 22.6 Å². The second-order valence-electron chi connectivity index (χ2n) is 12.7. The Bertz CT molecular complexity index is 2300. The minimum atomic E-state index is -5.58. The van der Waals surface area contributed by atoms with E-state index in [4.69, 9.17) is 21.5 Å². The first-order valence-electron chi connectivity index (χ1n) is 17.4. The van der Waals surface area contributed by atoms with Gasteiger partial charge >= 0.3 is 31.8 Å². The highest BCUT2D eigenvalue weighted by Crippen LogP contribution is 2.37.